The summed E-state index contributed by atoms with van der Waals surface area (Å²) in [7, 11) is 0. The van der Waals surface area contributed by atoms with Gasteiger partial charge in [0.1, 0.15) is 42.7 Å². The van der Waals surface area contributed by atoms with Crippen molar-refractivity contribution < 1.29 is 64.2 Å². The van der Waals surface area contributed by atoms with Crippen LogP contribution in [0.25, 0.3) is 0 Å². The SMILES string of the molecule is CC(C)=C[C@@H]1CO[C@]23C[C@]4(CO2)[C@@H](CC[C@@H]2[C@@]5(C)CC[C@H](O[C@@H]6OC[C@H](O)[C@H](O[C@@H]7O[C@H](CO)[C@@H](O)[C@H](O)[C@H]7O)[C@H]6O)C(C)(C)[C@H]5CC[C@]24C)[C@H]3[C@@]1(C)O. The molecule has 8 aliphatic rings. The lowest BCUT2D eigenvalue weighted by molar-refractivity contribution is -0.358. The van der Waals surface area contributed by atoms with Crippen LogP contribution in [0.15, 0.2) is 11.6 Å². The molecule has 8 fully saturated rings. The second-order valence-electron chi connectivity index (χ2n) is 20.1. The van der Waals surface area contributed by atoms with Crippen molar-refractivity contribution in [1.29, 1.82) is 0 Å². The van der Waals surface area contributed by atoms with Crippen LogP contribution in [0.3, 0.4) is 0 Å². The first-order chi connectivity index (χ1) is 25.3. The van der Waals surface area contributed by atoms with Gasteiger partial charge in [-0.3, -0.25) is 0 Å². The second kappa shape index (κ2) is 13.4. The molecule has 7 N–H and O–H groups in total. The van der Waals surface area contributed by atoms with E-state index in [-0.39, 0.29) is 46.2 Å². The molecule has 2 spiro atoms. The van der Waals surface area contributed by atoms with Crippen LogP contribution in [0.2, 0.25) is 0 Å². The first kappa shape index (κ1) is 40.0. The van der Waals surface area contributed by atoms with Gasteiger partial charge in [-0.2, -0.15) is 0 Å². The number of ether oxygens (including phenoxy) is 6. The van der Waals surface area contributed by atoms with Crippen molar-refractivity contribution in [2.45, 2.75) is 166 Å². The number of aliphatic hydroxyl groups is 7. The number of aliphatic hydroxyl groups excluding tert-OH is 6. The summed E-state index contributed by atoms with van der Waals surface area (Å²) in [4.78, 5) is 0. The Kier molecular flexibility index (Phi) is 9.91. The zero-order valence-electron chi connectivity index (χ0n) is 33.1. The predicted molar refractivity (Wildman–Crippen MR) is 192 cm³/mol. The Morgan fingerprint density at radius 2 is 1.54 bits per heavy atom. The van der Waals surface area contributed by atoms with Gasteiger partial charge in [0.05, 0.1) is 38.1 Å². The van der Waals surface area contributed by atoms with E-state index in [2.05, 4.69) is 47.6 Å². The molecule has 0 aromatic carbocycles. The Bertz CT molecular complexity index is 1450. The van der Waals surface area contributed by atoms with Gasteiger partial charge in [0.15, 0.2) is 18.4 Å². The molecular formula is C41H66O13. The summed E-state index contributed by atoms with van der Waals surface area (Å²) in [5.41, 5.74) is -0.0875. The maximum absolute atomic E-state index is 12.3. The van der Waals surface area contributed by atoms with Gasteiger partial charge in [-0.15, -0.1) is 0 Å². The zero-order chi connectivity index (χ0) is 39.0. The molecule has 20 atom stereocenters. The molecular weight excluding hydrogens is 700 g/mol. The van der Waals surface area contributed by atoms with E-state index in [4.69, 9.17) is 28.4 Å². The summed E-state index contributed by atoms with van der Waals surface area (Å²) >= 11 is 0. The highest BCUT2D eigenvalue weighted by atomic mass is 16.7. The van der Waals surface area contributed by atoms with E-state index >= 15 is 0 Å². The van der Waals surface area contributed by atoms with E-state index in [1.165, 1.54) is 5.57 Å². The van der Waals surface area contributed by atoms with Crippen LogP contribution in [0.5, 0.6) is 0 Å². The van der Waals surface area contributed by atoms with Gasteiger partial charge in [0.2, 0.25) is 0 Å². The van der Waals surface area contributed by atoms with Gasteiger partial charge in [0, 0.05) is 23.7 Å². The fourth-order valence-electron chi connectivity index (χ4n) is 14.3. The Labute approximate surface area is 319 Å². The Hall–Kier alpha value is -0.780. The minimum atomic E-state index is -1.68. The fraction of sp³-hybridized carbons (Fsp3) is 0.951. The molecule has 0 amide bonds. The number of allylic oxidation sites excluding steroid dienone is 1. The smallest absolute Gasteiger partial charge is 0.187 e. The number of fused-ring (bicyclic) bond motifs is 4. The lowest BCUT2D eigenvalue weighted by atomic mass is 9.35. The normalized spacial score (nSPS) is 57.7. The van der Waals surface area contributed by atoms with Gasteiger partial charge in [-0.1, -0.05) is 39.3 Å². The molecule has 54 heavy (non-hydrogen) atoms. The third-order valence-corrected chi connectivity index (χ3v) is 16.9. The molecule has 0 radical (unpaired) electrons. The molecule has 8 rings (SSSR count). The fourth-order valence-corrected chi connectivity index (χ4v) is 14.3. The molecule has 13 heteroatoms. The van der Waals surface area contributed by atoms with Crippen LogP contribution in [0.1, 0.15) is 93.4 Å². The molecule has 308 valence electrons. The van der Waals surface area contributed by atoms with E-state index in [9.17, 15) is 35.7 Å². The van der Waals surface area contributed by atoms with Gasteiger partial charge >= 0.3 is 0 Å². The molecule has 13 nitrogen and oxygen atoms in total. The lowest BCUT2D eigenvalue weighted by Crippen LogP contribution is -2.68. The van der Waals surface area contributed by atoms with Gasteiger partial charge in [-0.05, 0) is 93.3 Å². The van der Waals surface area contributed by atoms with Gasteiger partial charge in [0.25, 0.3) is 0 Å². The largest absolute Gasteiger partial charge is 0.394 e. The third-order valence-electron chi connectivity index (χ3n) is 16.9. The van der Waals surface area contributed by atoms with Crippen LogP contribution in [0.4, 0.5) is 0 Å². The Morgan fingerprint density at radius 1 is 0.796 bits per heavy atom. The van der Waals surface area contributed by atoms with Crippen molar-refractivity contribution in [3.05, 3.63) is 11.6 Å². The van der Waals surface area contributed by atoms with Crippen LogP contribution < -0.4 is 0 Å². The third kappa shape index (κ3) is 5.50. The van der Waals surface area contributed by atoms with Crippen molar-refractivity contribution >= 4 is 0 Å². The van der Waals surface area contributed by atoms with Crippen molar-refractivity contribution in [1.82, 2.24) is 0 Å². The van der Waals surface area contributed by atoms with Crippen LogP contribution >= 0.6 is 0 Å². The summed E-state index contributed by atoms with van der Waals surface area (Å²) in [6.07, 6.45) is -4.14. The topological polar surface area (TPSA) is 197 Å². The van der Waals surface area contributed by atoms with Gasteiger partial charge in [-0.25, -0.2) is 0 Å². The quantitative estimate of drug-likeness (QED) is 0.153. The van der Waals surface area contributed by atoms with E-state index in [1.54, 1.807) is 0 Å². The number of hydrogen-bond acceptors (Lipinski definition) is 13. The van der Waals surface area contributed by atoms with E-state index in [1.807, 2.05) is 6.92 Å². The van der Waals surface area contributed by atoms with Crippen LogP contribution in [-0.2, 0) is 28.4 Å². The van der Waals surface area contributed by atoms with Crippen LogP contribution in [0, 0.1) is 51.2 Å². The molecule has 0 aromatic rings. The Morgan fingerprint density at radius 3 is 2.24 bits per heavy atom. The Balaban J connectivity index is 0.993. The second-order valence-corrected chi connectivity index (χ2v) is 20.1. The maximum atomic E-state index is 12.3. The zero-order valence-corrected chi connectivity index (χ0v) is 33.1. The minimum absolute atomic E-state index is 0.00497. The maximum Gasteiger partial charge on any atom is 0.187 e. The summed E-state index contributed by atoms with van der Waals surface area (Å²) in [5.74, 6) is 0.203. The molecule has 2 bridgehead atoms. The molecule has 0 unspecified atom stereocenters. The van der Waals surface area contributed by atoms with Crippen molar-refractivity contribution in [3.8, 4) is 0 Å². The molecule has 4 aliphatic carbocycles. The van der Waals surface area contributed by atoms with Crippen molar-refractivity contribution in [3.63, 3.8) is 0 Å². The first-order valence-corrected chi connectivity index (χ1v) is 20.5. The van der Waals surface area contributed by atoms with E-state index < -0.39 is 73.3 Å². The predicted octanol–water partition coefficient (Wildman–Crippen LogP) is 2.00. The lowest BCUT2D eigenvalue weighted by Gasteiger charge is -2.70. The highest BCUT2D eigenvalue weighted by molar-refractivity contribution is 5.27. The molecule has 4 saturated carbocycles. The molecule has 4 heterocycles. The number of rotatable bonds is 6. The summed E-state index contributed by atoms with van der Waals surface area (Å²) in [6, 6.07) is 0. The molecule has 4 aliphatic heterocycles. The monoisotopic (exact) mass is 766 g/mol. The highest BCUT2D eigenvalue weighted by Gasteiger charge is 2.81. The molecule has 4 saturated heterocycles. The van der Waals surface area contributed by atoms with Gasteiger partial charge < -0.3 is 64.2 Å². The molecule has 0 aromatic heterocycles. The van der Waals surface area contributed by atoms with Crippen LogP contribution in [-0.4, -0.2) is 135 Å². The summed E-state index contributed by atoms with van der Waals surface area (Å²) < 4.78 is 37.4. The van der Waals surface area contributed by atoms with E-state index in [0.717, 1.165) is 44.9 Å². The minimum Gasteiger partial charge on any atom is -0.394 e. The standard InChI is InChI=1S/C41H66O13/c1-20(2)14-21-16-50-41-18-40(19-51-41)22(33(41)39(21,7)48)8-9-26-37(5)12-11-27(36(3,4)25(37)10-13-38(26,40)6)53-34-31(47)32(23(43)17-49-34)54-35-30(46)29(45)28(44)24(15-42)52-35/h14,21-35,42-48H,8-13,15-19H2,1-7H3/t21-,22+,23+,24-,25-,26-,27+,28-,29+,30-,31-,32+,33+,34+,35+,37+,38-,39+,40+,41-/m1/s1. The average Bonchev–Trinajstić information content (AvgIpc) is 3.64. The summed E-state index contributed by atoms with van der Waals surface area (Å²) in [5, 5.41) is 75.2. The highest BCUT2D eigenvalue weighted by Crippen LogP contribution is 2.80. The summed E-state index contributed by atoms with van der Waals surface area (Å²) in [6.45, 7) is 16.1. The number of hydrogen-bond donors (Lipinski definition) is 7. The van der Waals surface area contributed by atoms with Crippen molar-refractivity contribution in [2.75, 3.05) is 26.4 Å². The first-order valence-electron chi connectivity index (χ1n) is 20.5. The van der Waals surface area contributed by atoms with Crippen molar-refractivity contribution in [2.24, 2.45) is 51.2 Å². The average molecular weight is 767 g/mol. The van der Waals surface area contributed by atoms with E-state index in [0.29, 0.717) is 31.0 Å².